The van der Waals surface area contributed by atoms with Gasteiger partial charge in [0.25, 0.3) is 0 Å². The van der Waals surface area contributed by atoms with Crippen molar-refractivity contribution in [3.8, 4) is 0 Å². The van der Waals surface area contributed by atoms with Gasteiger partial charge in [0, 0.05) is 9.85 Å². The van der Waals surface area contributed by atoms with Crippen LogP contribution in [0.2, 0.25) is 5.02 Å². The summed E-state index contributed by atoms with van der Waals surface area (Å²) in [5, 5.41) is 4.03. The highest BCUT2D eigenvalue weighted by Gasteiger charge is 2.17. The van der Waals surface area contributed by atoms with Crippen LogP contribution in [0.1, 0.15) is 17.2 Å². The molecule has 17 heavy (non-hydrogen) atoms. The standard InChI is InChI=1S/C11H9BrClFN2S/c12-8-5-17-4-7(8)11(16-15)6-1-2-10(14)9(13)3-6/h1-5,11,16H,15H2. The highest BCUT2D eigenvalue weighted by molar-refractivity contribution is 9.10. The molecular weight excluding hydrogens is 327 g/mol. The van der Waals surface area contributed by atoms with Crippen molar-refractivity contribution in [3.05, 3.63) is 55.4 Å². The molecule has 2 rings (SSSR count). The number of thiophene rings is 1. The Bertz CT molecular complexity index is 532. The molecule has 0 amide bonds. The highest BCUT2D eigenvalue weighted by Crippen LogP contribution is 2.32. The zero-order valence-corrected chi connectivity index (χ0v) is 11.7. The van der Waals surface area contributed by atoms with E-state index in [1.807, 2.05) is 10.8 Å². The predicted molar refractivity (Wildman–Crippen MR) is 72.6 cm³/mol. The van der Waals surface area contributed by atoms with E-state index in [9.17, 15) is 4.39 Å². The molecule has 1 aromatic heterocycles. The van der Waals surface area contributed by atoms with E-state index in [0.717, 1.165) is 15.6 Å². The van der Waals surface area contributed by atoms with Gasteiger partial charge in [0.15, 0.2) is 0 Å². The second-order valence-electron chi connectivity index (χ2n) is 3.45. The van der Waals surface area contributed by atoms with Crippen molar-refractivity contribution in [2.75, 3.05) is 0 Å². The Morgan fingerprint density at radius 3 is 2.71 bits per heavy atom. The van der Waals surface area contributed by atoms with Gasteiger partial charge in [-0.25, -0.2) is 9.82 Å². The first-order valence-electron chi connectivity index (χ1n) is 4.76. The van der Waals surface area contributed by atoms with Gasteiger partial charge in [-0.05, 0) is 44.6 Å². The molecule has 0 aliphatic rings. The molecule has 0 bridgehead atoms. The number of rotatable bonds is 3. The van der Waals surface area contributed by atoms with E-state index in [0.29, 0.717) is 0 Å². The van der Waals surface area contributed by atoms with E-state index in [2.05, 4.69) is 21.4 Å². The Morgan fingerprint density at radius 1 is 1.41 bits per heavy atom. The Morgan fingerprint density at radius 2 is 2.18 bits per heavy atom. The smallest absolute Gasteiger partial charge is 0.141 e. The summed E-state index contributed by atoms with van der Waals surface area (Å²) in [6, 6.07) is 4.36. The Kier molecular flexibility index (Phi) is 4.17. The van der Waals surface area contributed by atoms with Crippen LogP contribution in [0.4, 0.5) is 4.39 Å². The molecular formula is C11H9BrClFN2S. The van der Waals surface area contributed by atoms with Gasteiger partial charge in [0.2, 0.25) is 0 Å². The second-order valence-corrected chi connectivity index (χ2v) is 5.45. The maximum atomic E-state index is 13.1. The molecule has 1 unspecified atom stereocenters. The topological polar surface area (TPSA) is 38.0 Å². The normalized spacial score (nSPS) is 12.7. The van der Waals surface area contributed by atoms with Crippen LogP contribution in [0.3, 0.4) is 0 Å². The quantitative estimate of drug-likeness (QED) is 0.660. The summed E-state index contributed by atoms with van der Waals surface area (Å²) in [7, 11) is 0. The lowest BCUT2D eigenvalue weighted by Crippen LogP contribution is -2.28. The fourth-order valence-corrected chi connectivity index (χ4v) is 3.30. The molecule has 2 nitrogen and oxygen atoms in total. The minimum atomic E-state index is -0.435. The third-order valence-corrected chi connectivity index (χ3v) is 4.44. The number of nitrogens with two attached hydrogens (primary N) is 1. The number of hydrogen-bond acceptors (Lipinski definition) is 3. The first-order chi connectivity index (χ1) is 8.13. The van der Waals surface area contributed by atoms with Gasteiger partial charge in [-0.15, -0.1) is 0 Å². The summed E-state index contributed by atoms with van der Waals surface area (Å²) in [6.45, 7) is 0. The van der Waals surface area contributed by atoms with Crippen molar-refractivity contribution >= 4 is 38.9 Å². The molecule has 2 aromatic rings. The van der Waals surface area contributed by atoms with Crippen LogP contribution in [-0.2, 0) is 0 Å². The zero-order chi connectivity index (χ0) is 12.4. The summed E-state index contributed by atoms with van der Waals surface area (Å²) in [4.78, 5) is 0. The van der Waals surface area contributed by atoms with E-state index in [-0.39, 0.29) is 11.1 Å². The lowest BCUT2D eigenvalue weighted by Gasteiger charge is -2.16. The average molecular weight is 336 g/mol. The summed E-state index contributed by atoms with van der Waals surface area (Å²) in [5.41, 5.74) is 4.52. The van der Waals surface area contributed by atoms with Crippen molar-refractivity contribution in [2.45, 2.75) is 6.04 Å². The van der Waals surface area contributed by atoms with Crippen LogP contribution in [-0.4, -0.2) is 0 Å². The van der Waals surface area contributed by atoms with Gasteiger partial charge in [0.1, 0.15) is 5.82 Å². The van der Waals surface area contributed by atoms with E-state index >= 15 is 0 Å². The molecule has 1 heterocycles. The maximum absolute atomic E-state index is 13.1. The van der Waals surface area contributed by atoms with Crippen molar-refractivity contribution < 1.29 is 4.39 Å². The molecule has 0 saturated carbocycles. The van der Waals surface area contributed by atoms with E-state index in [1.165, 1.54) is 6.07 Å². The summed E-state index contributed by atoms with van der Waals surface area (Å²) < 4.78 is 14.1. The summed E-state index contributed by atoms with van der Waals surface area (Å²) in [5.74, 6) is 5.12. The Labute approximate surface area is 116 Å². The predicted octanol–water partition coefficient (Wildman–Crippen LogP) is 3.86. The molecule has 0 radical (unpaired) electrons. The second kappa shape index (κ2) is 5.46. The van der Waals surface area contributed by atoms with Crippen LogP contribution >= 0.6 is 38.9 Å². The van der Waals surface area contributed by atoms with Crippen LogP contribution in [0.15, 0.2) is 33.4 Å². The van der Waals surface area contributed by atoms with Crippen LogP contribution in [0.5, 0.6) is 0 Å². The third-order valence-electron chi connectivity index (χ3n) is 2.40. The Balaban J connectivity index is 2.42. The zero-order valence-electron chi connectivity index (χ0n) is 8.58. The van der Waals surface area contributed by atoms with Crippen molar-refractivity contribution in [2.24, 2.45) is 5.84 Å². The van der Waals surface area contributed by atoms with Crippen molar-refractivity contribution in [1.82, 2.24) is 5.43 Å². The first-order valence-corrected chi connectivity index (χ1v) is 6.87. The lowest BCUT2D eigenvalue weighted by molar-refractivity contribution is 0.616. The van der Waals surface area contributed by atoms with Gasteiger partial charge in [-0.1, -0.05) is 17.7 Å². The largest absolute Gasteiger partial charge is 0.271 e. The average Bonchev–Trinajstić information content (AvgIpc) is 2.71. The van der Waals surface area contributed by atoms with E-state index < -0.39 is 5.82 Å². The van der Waals surface area contributed by atoms with E-state index in [1.54, 1.807) is 23.5 Å². The monoisotopic (exact) mass is 334 g/mol. The molecule has 1 atom stereocenters. The fourth-order valence-electron chi connectivity index (χ4n) is 1.55. The molecule has 6 heteroatoms. The number of nitrogens with one attached hydrogen (secondary N) is 1. The van der Waals surface area contributed by atoms with E-state index in [4.69, 9.17) is 17.4 Å². The number of benzene rings is 1. The minimum absolute atomic E-state index is 0.0918. The molecule has 0 aliphatic heterocycles. The van der Waals surface area contributed by atoms with Gasteiger partial charge in [-0.3, -0.25) is 5.84 Å². The van der Waals surface area contributed by atoms with Gasteiger partial charge in [0.05, 0.1) is 11.1 Å². The molecule has 0 spiro atoms. The minimum Gasteiger partial charge on any atom is -0.271 e. The van der Waals surface area contributed by atoms with Gasteiger partial charge < -0.3 is 0 Å². The summed E-state index contributed by atoms with van der Waals surface area (Å²) in [6.07, 6.45) is 0. The maximum Gasteiger partial charge on any atom is 0.141 e. The third kappa shape index (κ3) is 2.69. The highest BCUT2D eigenvalue weighted by atomic mass is 79.9. The number of hydrazine groups is 1. The first kappa shape index (κ1) is 13.0. The van der Waals surface area contributed by atoms with Gasteiger partial charge in [-0.2, -0.15) is 11.3 Å². The SMILES string of the molecule is NNC(c1ccc(F)c(Cl)c1)c1cscc1Br. The molecule has 0 saturated heterocycles. The van der Waals surface area contributed by atoms with Gasteiger partial charge >= 0.3 is 0 Å². The lowest BCUT2D eigenvalue weighted by atomic mass is 10.0. The fraction of sp³-hybridized carbons (Fsp3) is 0.0909. The molecule has 3 N–H and O–H groups in total. The molecule has 90 valence electrons. The molecule has 1 aromatic carbocycles. The molecule has 0 aliphatic carbocycles. The number of hydrogen-bond donors (Lipinski definition) is 2. The van der Waals surface area contributed by atoms with Crippen LogP contribution in [0, 0.1) is 5.82 Å². The van der Waals surface area contributed by atoms with Crippen molar-refractivity contribution in [1.29, 1.82) is 0 Å². The van der Waals surface area contributed by atoms with Crippen LogP contribution in [0.25, 0.3) is 0 Å². The molecule has 0 fully saturated rings. The summed E-state index contributed by atoms with van der Waals surface area (Å²) >= 11 is 10.8. The van der Waals surface area contributed by atoms with Crippen LogP contribution < -0.4 is 11.3 Å². The number of halogens is 3. The Hall–Kier alpha value is -0.460. The van der Waals surface area contributed by atoms with Crippen molar-refractivity contribution in [3.63, 3.8) is 0 Å².